The van der Waals surface area contributed by atoms with Gasteiger partial charge in [0.25, 0.3) is 5.78 Å². The zero-order chi connectivity index (χ0) is 19.8. The number of methoxy groups -OCH3 is 2. The molecule has 0 bridgehead atoms. The standard InChI is InChI=1S/C19H14Br2N4O3/c1-27-16-4-3-10(5-13(16)20)12-8-25-9-22-24-19(25)23-18(12)11-6-14(21)17(28-2)7-15(11)26/h3-9,26H,1-2H3. The van der Waals surface area contributed by atoms with Crippen LogP contribution in [0.25, 0.3) is 28.2 Å². The van der Waals surface area contributed by atoms with Crippen LogP contribution in [0.1, 0.15) is 0 Å². The Labute approximate surface area is 177 Å². The summed E-state index contributed by atoms with van der Waals surface area (Å²) >= 11 is 6.99. The number of rotatable bonds is 4. The SMILES string of the molecule is COc1ccc(-c2cn3cnnc3nc2-c2cc(Br)c(OC)cc2O)cc1Br. The highest BCUT2D eigenvalue weighted by molar-refractivity contribution is 9.10. The predicted octanol–water partition coefficient (Wildman–Crippen LogP) is 4.71. The largest absolute Gasteiger partial charge is 0.507 e. The summed E-state index contributed by atoms with van der Waals surface area (Å²) in [6.07, 6.45) is 3.46. The minimum Gasteiger partial charge on any atom is -0.507 e. The first-order chi connectivity index (χ1) is 13.5. The quantitative estimate of drug-likeness (QED) is 0.432. The third-order valence-electron chi connectivity index (χ3n) is 4.28. The first kappa shape index (κ1) is 18.7. The van der Waals surface area contributed by atoms with Gasteiger partial charge in [-0.15, -0.1) is 10.2 Å². The lowest BCUT2D eigenvalue weighted by Crippen LogP contribution is -1.97. The summed E-state index contributed by atoms with van der Waals surface area (Å²) < 4.78 is 13.8. The van der Waals surface area contributed by atoms with E-state index in [1.165, 1.54) is 0 Å². The third kappa shape index (κ3) is 3.20. The molecule has 0 aliphatic carbocycles. The second kappa shape index (κ2) is 7.40. The average molecular weight is 506 g/mol. The van der Waals surface area contributed by atoms with Crippen molar-refractivity contribution >= 4 is 37.6 Å². The van der Waals surface area contributed by atoms with Crippen LogP contribution in [0.3, 0.4) is 0 Å². The highest BCUT2D eigenvalue weighted by Crippen LogP contribution is 2.42. The molecule has 0 saturated carbocycles. The van der Waals surface area contributed by atoms with E-state index in [9.17, 15) is 5.11 Å². The van der Waals surface area contributed by atoms with Crippen LogP contribution in [0.4, 0.5) is 0 Å². The molecule has 0 unspecified atom stereocenters. The molecule has 0 fully saturated rings. The summed E-state index contributed by atoms with van der Waals surface area (Å²) in [6.45, 7) is 0. The second-order valence-corrected chi connectivity index (χ2v) is 7.60. The molecule has 4 rings (SSSR count). The highest BCUT2D eigenvalue weighted by atomic mass is 79.9. The van der Waals surface area contributed by atoms with E-state index in [0.717, 1.165) is 21.3 Å². The van der Waals surface area contributed by atoms with E-state index in [2.05, 4.69) is 47.0 Å². The molecule has 2 aromatic carbocycles. The summed E-state index contributed by atoms with van der Waals surface area (Å²) in [4.78, 5) is 4.63. The Bertz CT molecular complexity index is 1190. The van der Waals surface area contributed by atoms with Crippen LogP contribution in [0.5, 0.6) is 17.2 Å². The van der Waals surface area contributed by atoms with Gasteiger partial charge in [0.2, 0.25) is 0 Å². The first-order valence-corrected chi connectivity index (χ1v) is 9.71. The minimum absolute atomic E-state index is 0.0465. The molecule has 0 radical (unpaired) electrons. The maximum Gasteiger partial charge on any atom is 0.255 e. The van der Waals surface area contributed by atoms with Gasteiger partial charge in [-0.2, -0.15) is 0 Å². The monoisotopic (exact) mass is 504 g/mol. The number of aromatic nitrogens is 4. The van der Waals surface area contributed by atoms with Gasteiger partial charge in [-0.05, 0) is 55.6 Å². The molecule has 2 heterocycles. The molecular formula is C19H14Br2N4O3. The van der Waals surface area contributed by atoms with E-state index >= 15 is 0 Å². The third-order valence-corrected chi connectivity index (χ3v) is 5.52. The Morgan fingerprint density at radius 2 is 1.71 bits per heavy atom. The molecule has 28 heavy (non-hydrogen) atoms. The zero-order valence-corrected chi connectivity index (χ0v) is 18.0. The highest BCUT2D eigenvalue weighted by Gasteiger charge is 2.18. The lowest BCUT2D eigenvalue weighted by Gasteiger charge is -2.14. The fraction of sp³-hybridized carbons (Fsp3) is 0.105. The van der Waals surface area contributed by atoms with E-state index in [1.807, 2.05) is 24.4 Å². The Balaban J connectivity index is 1.99. The molecule has 1 N–H and O–H groups in total. The molecule has 2 aromatic heterocycles. The Morgan fingerprint density at radius 3 is 2.43 bits per heavy atom. The number of nitrogens with zero attached hydrogens (tertiary/aromatic N) is 4. The number of hydrogen-bond donors (Lipinski definition) is 1. The van der Waals surface area contributed by atoms with Crippen molar-refractivity contribution in [3.05, 3.63) is 51.8 Å². The van der Waals surface area contributed by atoms with Gasteiger partial charge in [-0.25, -0.2) is 4.98 Å². The summed E-state index contributed by atoms with van der Waals surface area (Å²) in [5, 5.41) is 18.6. The Kier molecular flexibility index (Phi) is 4.94. The fourth-order valence-corrected chi connectivity index (χ4v) is 3.95. The van der Waals surface area contributed by atoms with Crippen LogP contribution in [-0.2, 0) is 0 Å². The van der Waals surface area contributed by atoms with E-state index < -0.39 is 0 Å². The fourth-order valence-electron chi connectivity index (χ4n) is 2.91. The number of ether oxygens (including phenoxy) is 2. The minimum atomic E-state index is 0.0465. The van der Waals surface area contributed by atoms with E-state index in [1.54, 1.807) is 37.1 Å². The molecule has 7 nitrogen and oxygen atoms in total. The molecule has 142 valence electrons. The van der Waals surface area contributed by atoms with Crippen LogP contribution in [0, 0.1) is 0 Å². The Hall–Kier alpha value is -2.65. The van der Waals surface area contributed by atoms with Crippen LogP contribution in [-0.4, -0.2) is 38.9 Å². The normalized spacial score (nSPS) is 11.0. The van der Waals surface area contributed by atoms with Gasteiger partial charge in [0.05, 0.1) is 28.9 Å². The van der Waals surface area contributed by atoms with E-state index in [4.69, 9.17) is 9.47 Å². The summed E-state index contributed by atoms with van der Waals surface area (Å²) in [7, 11) is 3.16. The molecule has 0 aliphatic rings. The molecule has 9 heteroatoms. The summed E-state index contributed by atoms with van der Waals surface area (Å²) in [6, 6.07) is 9.04. The van der Waals surface area contributed by atoms with Crippen molar-refractivity contribution in [2.24, 2.45) is 0 Å². The maximum absolute atomic E-state index is 10.6. The summed E-state index contributed by atoms with van der Waals surface area (Å²) in [5.74, 6) is 1.72. The number of hydrogen-bond acceptors (Lipinski definition) is 6. The number of halogens is 2. The van der Waals surface area contributed by atoms with Gasteiger partial charge in [-0.3, -0.25) is 4.40 Å². The van der Waals surface area contributed by atoms with Gasteiger partial charge in [0.15, 0.2) is 0 Å². The van der Waals surface area contributed by atoms with Crippen molar-refractivity contribution in [3.8, 4) is 39.6 Å². The maximum atomic E-state index is 10.6. The van der Waals surface area contributed by atoms with Gasteiger partial charge in [0.1, 0.15) is 23.6 Å². The van der Waals surface area contributed by atoms with E-state index in [0.29, 0.717) is 27.3 Å². The lowest BCUT2D eigenvalue weighted by atomic mass is 10.00. The van der Waals surface area contributed by atoms with Crippen molar-refractivity contribution in [2.75, 3.05) is 14.2 Å². The van der Waals surface area contributed by atoms with Crippen LogP contribution in [0.15, 0.2) is 51.8 Å². The first-order valence-electron chi connectivity index (χ1n) is 8.13. The molecule has 0 amide bonds. The second-order valence-electron chi connectivity index (χ2n) is 5.89. The molecular weight excluding hydrogens is 492 g/mol. The molecule has 4 aromatic rings. The van der Waals surface area contributed by atoms with Crippen molar-refractivity contribution in [2.45, 2.75) is 0 Å². The topological polar surface area (TPSA) is 81.8 Å². The van der Waals surface area contributed by atoms with Crippen molar-refractivity contribution < 1.29 is 14.6 Å². The predicted molar refractivity (Wildman–Crippen MR) is 112 cm³/mol. The van der Waals surface area contributed by atoms with Crippen molar-refractivity contribution in [3.63, 3.8) is 0 Å². The number of phenolic OH excluding ortho intramolecular Hbond substituents is 1. The number of aromatic hydroxyl groups is 1. The average Bonchev–Trinajstić information content (AvgIpc) is 3.16. The number of phenols is 1. The number of benzene rings is 2. The van der Waals surface area contributed by atoms with Crippen LogP contribution < -0.4 is 9.47 Å². The smallest absolute Gasteiger partial charge is 0.255 e. The lowest BCUT2D eigenvalue weighted by molar-refractivity contribution is 0.405. The van der Waals surface area contributed by atoms with Crippen LogP contribution >= 0.6 is 31.9 Å². The zero-order valence-electron chi connectivity index (χ0n) is 14.8. The molecule has 0 saturated heterocycles. The van der Waals surface area contributed by atoms with Crippen molar-refractivity contribution in [1.29, 1.82) is 0 Å². The summed E-state index contributed by atoms with van der Waals surface area (Å²) in [5.41, 5.74) is 2.79. The van der Waals surface area contributed by atoms with Gasteiger partial charge in [-0.1, -0.05) is 6.07 Å². The van der Waals surface area contributed by atoms with Gasteiger partial charge < -0.3 is 14.6 Å². The van der Waals surface area contributed by atoms with E-state index in [-0.39, 0.29) is 5.75 Å². The number of fused-ring (bicyclic) bond motifs is 1. The molecule has 0 atom stereocenters. The van der Waals surface area contributed by atoms with Crippen LogP contribution in [0.2, 0.25) is 0 Å². The Morgan fingerprint density at radius 1 is 0.964 bits per heavy atom. The van der Waals surface area contributed by atoms with Gasteiger partial charge >= 0.3 is 0 Å². The molecule has 0 aliphatic heterocycles. The van der Waals surface area contributed by atoms with Gasteiger partial charge in [0, 0.05) is 23.4 Å². The van der Waals surface area contributed by atoms with Crippen molar-refractivity contribution in [1.82, 2.24) is 19.6 Å². The molecule has 0 spiro atoms.